The Hall–Kier alpha value is 0.390. The molecular formula is C12H18ClNOP2. The lowest BCUT2D eigenvalue weighted by molar-refractivity contribution is 0.493. The third-order valence-electron chi connectivity index (χ3n) is 4.48. The Morgan fingerprint density at radius 1 is 1.35 bits per heavy atom. The summed E-state index contributed by atoms with van der Waals surface area (Å²) in [4.78, 5) is 0. The number of hydrogen-bond acceptors (Lipinski definition) is 1. The summed E-state index contributed by atoms with van der Waals surface area (Å²) in [5.74, 6) is 2.50. The van der Waals surface area contributed by atoms with Gasteiger partial charge in [-0.3, -0.25) is 4.67 Å². The van der Waals surface area contributed by atoms with Gasteiger partial charge in [0, 0.05) is 30.2 Å². The highest BCUT2D eigenvalue weighted by Crippen LogP contribution is 2.80. The number of fused-ring (bicyclic) bond motifs is 5. The molecule has 1 saturated heterocycles. The summed E-state index contributed by atoms with van der Waals surface area (Å²) < 4.78 is 15.1. The van der Waals surface area contributed by atoms with E-state index in [-0.39, 0.29) is 5.66 Å². The molecule has 0 aromatic heterocycles. The fraction of sp³-hybridized carbons (Fsp3) is 0.667. The molecule has 3 aliphatic rings. The van der Waals surface area contributed by atoms with Crippen LogP contribution in [0.3, 0.4) is 0 Å². The first kappa shape index (κ1) is 12.4. The molecule has 94 valence electrons. The van der Waals surface area contributed by atoms with E-state index in [1.165, 1.54) is 11.1 Å². The lowest BCUT2D eigenvalue weighted by Crippen LogP contribution is -2.31. The Kier molecular flexibility index (Phi) is 2.70. The normalized spacial score (nSPS) is 51.8. The third kappa shape index (κ3) is 1.39. The quantitative estimate of drug-likeness (QED) is 0.535. The number of hydrogen-bond donors (Lipinski definition) is 0. The van der Waals surface area contributed by atoms with E-state index in [1.807, 2.05) is 24.6 Å². The molecule has 1 fully saturated rings. The minimum absolute atomic E-state index is 0.259. The Balaban J connectivity index is 2.12. The largest absolute Gasteiger partial charge is 0.302 e. The van der Waals surface area contributed by atoms with Crippen LogP contribution in [-0.2, 0) is 4.57 Å². The van der Waals surface area contributed by atoms with Crippen molar-refractivity contribution in [2.75, 3.05) is 14.1 Å². The molecule has 3 heterocycles. The zero-order chi connectivity index (χ0) is 12.5. The average molecular weight is 290 g/mol. The highest BCUT2D eigenvalue weighted by atomic mass is 35.7. The van der Waals surface area contributed by atoms with Gasteiger partial charge in [0.05, 0.1) is 0 Å². The van der Waals surface area contributed by atoms with Crippen LogP contribution in [0.1, 0.15) is 13.8 Å². The van der Waals surface area contributed by atoms with Crippen molar-refractivity contribution in [3.05, 3.63) is 23.0 Å². The highest BCUT2D eigenvalue weighted by molar-refractivity contribution is 7.87. The van der Waals surface area contributed by atoms with Gasteiger partial charge in [0.2, 0.25) is 0 Å². The van der Waals surface area contributed by atoms with Crippen LogP contribution in [0.4, 0.5) is 0 Å². The van der Waals surface area contributed by atoms with Gasteiger partial charge < -0.3 is 4.57 Å². The molecule has 2 nitrogen and oxygen atoms in total. The molecule has 0 radical (unpaired) electrons. The van der Waals surface area contributed by atoms with Crippen LogP contribution < -0.4 is 0 Å². The van der Waals surface area contributed by atoms with Gasteiger partial charge in [-0.1, -0.05) is 28.5 Å². The van der Waals surface area contributed by atoms with E-state index < -0.39 is 14.6 Å². The summed E-state index contributed by atoms with van der Waals surface area (Å²) in [5, 5.41) is 0. The van der Waals surface area contributed by atoms with Gasteiger partial charge >= 0.3 is 0 Å². The molecule has 6 atom stereocenters. The van der Waals surface area contributed by atoms with Crippen molar-refractivity contribution in [1.82, 2.24) is 4.67 Å². The monoisotopic (exact) mass is 289 g/mol. The molecule has 0 aromatic carbocycles. The van der Waals surface area contributed by atoms with Crippen LogP contribution in [0.5, 0.6) is 0 Å². The first-order chi connectivity index (χ1) is 7.88. The van der Waals surface area contributed by atoms with Crippen LogP contribution in [0.15, 0.2) is 23.0 Å². The Labute approximate surface area is 109 Å². The molecule has 0 aromatic rings. The summed E-state index contributed by atoms with van der Waals surface area (Å²) in [6.07, 6.45) is 2.30. The Bertz CT molecular complexity index is 485. The average Bonchev–Trinajstić information content (AvgIpc) is 2.76. The maximum atomic E-state index is 13.2. The third-order valence-corrected chi connectivity index (χ3v) is 11.8. The van der Waals surface area contributed by atoms with Crippen molar-refractivity contribution in [3.8, 4) is 0 Å². The van der Waals surface area contributed by atoms with E-state index in [0.717, 1.165) is 0 Å². The van der Waals surface area contributed by atoms with E-state index in [2.05, 4.69) is 19.9 Å². The molecule has 0 aliphatic carbocycles. The van der Waals surface area contributed by atoms with E-state index in [1.54, 1.807) is 0 Å². The van der Waals surface area contributed by atoms with Gasteiger partial charge in [-0.25, -0.2) is 0 Å². The molecule has 17 heavy (non-hydrogen) atoms. The van der Waals surface area contributed by atoms with Gasteiger partial charge in [-0.05, 0) is 33.8 Å². The lowest BCUT2D eigenvalue weighted by Gasteiger charge is -2.31. The summed E-state index contributed by atoms with van der Waals surface area (Å²) in [6, 6.07) is 0. The molecular weight excluding hydrogens is 272 g/mol. The van der Waals surface area contributed by atoms with E-state index >= 15 is 0 Å². The summed E-state index contributed by atoms with van der Waals surface area (Å²) >= 11 is 6.62. The summed E-state index contributed by atoms with van der Waals surface area (Å²) in [5.41, 5.74) is 3.84. The lowest BCUT2D eigenvalue weighted by atomic mass is 9.85. The number of allylic oxidation sites excluding steroid dienone is 3. The smallest absolute Gasteiger partial charge is 0.175 e. The van der Waals surface area contributed by atoms with Crippen LogP contribution in [0, 0.1) is 5.92 Å². The fourth-order valence-corrected chi connectivity index (χ4v) is 12.0. The van der Waals surface area contributed by atoms with E-state index in [9.17, 15) is 4.57 Å². The van der Waals surface area contributed by atoms with E-state index in [4.69, 9.17) is 11.2 Å². The number of rotatable bonds is 1. The van der Waals surface area contributed by atoms with E-state index in [0.29, 0.717) is 17.2 Å². The predicted octanol–water partition coefficient (Wildman–Crippen LogP) is 4.07. The molecule has 0 saturated carbocycles. The predicted molar refractivity (Wildman–Crippen MR) is 76.4 cm³/mol. The van der Waals surface area contributed by atoms with Crippen molar-refractivity contribution < 1.29 is 4.57 Å². The van der Waals surface area contributed by atoms with Gasteiger partial charge in [0.25, 0.3) is 0 Å². The molecule has 0 N–H and O–H groups in total. The van der Waals surface area contributed by atoms with Crippen LogP contribution in [0.25, 0.3) is 0 Å². The van der Waals surface area contributed by atoms with Crippen LogP contribution in [-0.4, -0.2) is 35.7 Å². The van der Waals surface area contributed by atoms with Crippen molar-refractivity contribution >= 4 is 25.8 Å². The fourth-order valence-electron chi connectivity index (χ4n) is 3.71. The molecule has 5 heteroatoms. The molecule has 0 amide bonds. The van der Waals surface area contributed by atoms with Gasteiger partial charge in [0.15, 0.2) is 7.29 Å². The molecule has 3 rings (SSSR count). The standard InChI is InChI=1S/C12H18ClNOP2/c1-7-5-9-12-10(11(7)16(9)13)8(2)6-17(12,15)14(3)4/h5-6,9-12H,1-4H3/t9-,10-,11+,12+,16?,17?/m0/s1. The second-order valence-electron chi connectivity index (χ2n) is 5.60. The minimum Gasteiger partial charge on any atom is -0.302 e. The van der Waals surface area contributed by atoms with Crippen LogP contribution in [0.2, 0.25) is 0 Å². The Morgan fingerprint density at radius 2 is 2.00 bits per heavy atom. The minimum atomic E-state index is -2.35. The second kappa shape index (κ2) is 3.70. The van der Waals surface area contributed by atoms with Crippen molar-refractivity contribution in [1.29, 1.82) is 0 Å². The zero-order valence-corrected chi connectivity index (χ0v) is 13.1. The van der Waals surface area contributed by atoms with Gasteiger partial charge in [-0.15, -0.1) is 0 Å². The van der Waals surface area contributed by atoms with Crippen molar-refractivity contribution in [3.63, 3.8) is 0 Å². The van der Waals surface area contributed by atoms with Gasteiger partial charge in [-0.2, -0.15) is 0 Å². The molecule has 3 aliphatic heterocycles. The van der Waals surface area contributed by atoms with Crippen molar-refractivity contribution in [2.24, 2.45) is 5.92 Å². The maximum Gasteiger partial charge on any atom is 0.175 e. The van der Waals surface area contributed by atoms with Crippen molar-refractivity contribution in [2.45, 2.75) is 30.8 Å². The van der Waals surface area contributed by atoms with Gasteiger partial charge in [0.1, 0.15) is 0 Å². The zero-order valence-electron chi connectivity index (χ0n) is 10.6. The summed E-state index contributed by atoms with van der Waals surface area (Å²) in [6.45, 7) is 4.32. The highest BCUT2D eigenvalue weighted by Gasteiger charge is 2.62. The summed E-state index contributed by atoms with van der Waals surface area (Å²) in [7, 11) is 1.00. The molecule has 2 unspecified atom stereocenters. The first-order valence-electron chi connectivity index (χ1n) is 5.97. The topological polar surface area (TPSA) is 20.3 Å². The number of nitrogens with zero attached hydrogens (tertiary/aromatic N) is 1. The molecule has 0 spiro atoms. The SMILES string of the molecule is CC1=CP(=O)(N(C)C)[C@H]2[C@@H]1[C@H]1C(C)=C[C@@H]2P1Cl. The second-order valence-corrected chi connectivity index (χ2v) is 11.6. The molecule has 2 bridgehead atoms. The Morgan fingerprint density at radius 3 is 2.59 bits per heavy atom. The van der Waals surface area contributed by atoms with Crippen LogP contribution >= 0.6 is 25.8 Å². The maximum absolute atomic E-state index is 13.2. The number of halogens is 1. The first-order valence-corrected chi connectivity index (χ1v) is 10.1.